The maximum Gasteiger partial charge on any atom is 0.0412 e. The second-order valence-electron chi connectivity index (χ2n) is 18.7. The van der Waals surface area contributed by atoms with Crippen LogP contribution in [0.4, 0.5) is 0 Å². The van der Waals surface area contributed by atoms with E-state index in [1.54, 1.807) is 22.3 Å². The highest BCUT2D eigenvalue weighted by Gasteiger charge is 2.47. The molecule has 7 aromatic rings. The lowest BCUT2D eigenvalue weighted by molar-refractivity contribution is 0.685. The summed E-state index contributed by atoms with van der Waals surface area (Å²) in [7, 11) is 0. The van der Waals surface area contributed by atoms with Crippen molar-refractivity contribution in [2.75, 3.05) is 0 Å². The number of thiophene rings is 4. The van der Waals surface area contributed by atoms with E-state index in [0.717, 1.165) is 38.5 Å². The molecule has 2 unspecified atom stereocenters. The van der Waals surface area contributed by atoms with E-state index in [-0.39, 0.29) is 0 Å². The topological polar surface area (TPSA) is 0 Å². The molecule has 4 aromatic heterocycles. The lowest BCUT2D eigenvalue weighted by Gasteiger charge is -2.26. The van der Waals surface area contributed by atoms with Crippen molar-refractivity contribution in [3.8, 4) is 0 Å². The third-order valence-corrected chi connectivity index (χ3v) is 35.0. The molecule has 3 fully saturated rings. The van der Waals surface area contributed by atoms with Crippen LogP contribution in [-0.2, 0) is 35.4 Å². The summed E-state index contributed by atoms with van der Waals surface area (Å²) < 4.78 is 0. The van der Waals surface area contributed by atoms with Gasteiger partial charge in [0.15, 0.2) is 0 Å². The molecular weight excluding hydrogens is 1010 g/mol. The van der Waals surface area contributed by atoms with E-state index in [1.807, 2.05) is 45.3 Å². The number of allylic oxidation sites excluding steroid dienone is 6. The van der Waals surface area contributed by atoms with Crippen LogP contribution in [0.3, 0.4) is 0 Å². The lowest BCUT2D eigenvalue weighted by atomic mass is 9.88. The quantitative estimate of drug-likeness (QED) is 0.132. The van der Waals surface area contributed by atoms with Gasteiger partial charge >= 0.3 is 0 Å². The molecule has 0 saturated heterocycles. The van der Waals surface area contributed by atoms with E-state index in [0.29, 0.717) is 0 Å². The van der Waals surface area contributed by atoms with Gasteiger partial charge in [0.25, 0.3) is 0 Å². The van der Waals surface area contributed by atoms with Crippen LogP contribution in [-0.4, -0.2) is 0 Å². The van der Waals surface area contributed by atoms with E-state index in [2.05, 4.69) is 150 Å². The Labute approximate surface area is 432 Å². The Morgan fingerprint density at radius 1 is 0.279 bits per heavy atom. The molecule has 7 heterocycles. The van der Waals surface area contributed by atoms with E-state index in [1.165, 1.54) is 127 Å². The number of hydrogen-bond acceptors (Lipinski definition) is 7. The van der Waals surface area contributed by atoms with Crippen LogP contribution in [0.1, 0.15) is 106 Å². The van der Waals surface area contributed by atoms with Crippen LogP contribution < -0.4 is 15.9 Å². The second-order valence-corrected chi connectivity index (χ2v) is 35.6. The molecule has 10 heteroatoms. The average Bonchev–Trinajstić information content (AvgIpc) is 4.26. The van der Waals surface area contributed by atoms with Gasteiger partial charge in [0, 0.05) is 79.3 Å². The van der Waals surface area contributed by atoms with Crippen LogP contribution in [0.25, 0.3) is 31.9 Å². The first-order valence-electron chi connectivity index (χ1n) is 24.1. The number of benzene rings is 3. The monoisotopic (exact) mass is 1060 g/mol. The van der Waals surface area contributed by atoms with Crippen molar-refractivity contribution in [1.82, 2.24) is 0 Å². The van der Waals surface area contributed by atoms with Gasteiger partial charge in [0.2, 0.25) is 0 Å². The van der Waals surface area contributed by atoms with Crippen molar-refractivity contribution in [1.29, 1.82) is 0 Å². The molecule has 338 valence electrons. The highest BCUT2D eigenvalue weighted by molar-refractivity contribution is 8.29. The molecule has 6 aliphatic rings. The van der Waals surface area contributed by atoms with Crippen molar-refractivity contribution in [2.24, 2.45) is 0 Å². The predicted octanol–water partition coefficient (Wildman–Crippen LogP) is 18.5. The first-order valence-corrected chi connectivity index (χ1v) is 35.9. The largest absolute Gasteiger partial charge is 0.144 e. The summed E-state index contributed by atoms with van der Waals surface area (Å²) in [5.41, 5.74) is 9.27. The molecule has 3 aromatic carbocycles. The summed E-state index contributed by atoms with van der Waals surface area (Å²) in [5.74, 6) is 0. The molecule has 3 aliphatic carbocycles. The van der Waals surface area contributed by atoms with Crippen molar-refractivity contribution in [3.63, 3.8) is 0 Å². The van der Waals surface area contributed by atoms with Gasteiger partial charge in [-0.15, -0.1) is 45.3 Å². The molecule has 68 heavy (non-hydrogen) atoms. The Balaban J connectivity index is 0.973. The van der Waals surface area contributed by atoms with Crippen molar-refractivity contribution < 1.29 is 0 Å². The second kappa shape index (κ2) is 17.9. The molecule has 0 nitrogen and oxygen atoms in total. The molecule has 0 bridgehead atoms. The van der Waals surface area contributed by atoms with Gasteiger partial charge in [0.1, 0.15) is 0 Å². The fourth-order valence-electron chi connectivity index (χ4n) is 12.3. The Hall–Kier alpha value is -3.15. The Morgan fingerprint density at radius 2 is 0.529 bits per heavy atom. The summed E-state index contributed by atoms with van der Waals surface area (Å²) in [6.45, 7) is 0. The van der Waals surface area contributed by atoms with Gasteiger partial charge in [0.05, 0.1) is 0 Å². The van der Waals surface area contributed by atoms with E-state index in [4.69, 9.17) is 35.4 Å². The summed E-state index contributed by atoms with van der Waals surface area (Å²) in [5, 5.41) is 17.2. The smallest absolute Gasteiger partial charge is 0.0412 e. The minimum absolute atomic E-state index is 1.08. The molecule has 2 atom stereocenters. The average molecular weight is 1060 g/mol. The zero-order valence-electron chi connectivity index (χ0n) is 37.6. The van der Waals surface area contributed by atoms with Gasteiger partial charge in [-0.1, -0.05) is 139 Å². The van der Waals surface area contributed by atoms with Crippen LogP contribution in [0, 0.1) is 0 Å². The molecule has 3 aliphatic heterocycles. The summed E-state index contributed by atoms with van der Waals surface area (Å²) in [6, 6.07) is 45.4. The number of fused-ring (bicyclic) bond motifs is 3. The highest BCUT2D eigenvalue weighted by Crippen LogP contribution is 2.80. The molecule has 3 saturated carbocycles. The fourth-order valence-corrected chi connectivity index (χ4v) is 34.9. The summed E-state index contributed by atoms with van der Waals surface area (Å²) in [4.78, 5) is 8.16. The standard InChI is InChI=1S/C58H49P3S7/c62-59(38-18-4-1-5-19-38)53(47-30-16-36-65-47)41-24-10-12-26-43(41)55(59)49-32-34-51(67-49)57-45-28-14-15-29-46(45)58(61(57,64)40-22-8-3-9-23-40)52-35-33-50(68-52)56-44-27-13-11-25-42(44)54(48-31-17-37-66-48)60(56,63)39-20-6-2-7-21-39/h1-9,16-23,30-37H,10-15,24-29H2. The number of rotatable bonds is 9. The van der Waals surface area contributed by atoms with Gasteiger partial charge in [-0.3, -0.25) is 0 Å². The van der Waals surface area contributed by atoms with Crippen molar-refractivity contribution in [2.45, 2.75) is 77.0 Å². The van der Waals surface area contributed by atoms with Gasteiger partial charge in [-0.05, 0) is 174 Å². The third kappa shape index (κ3) is 6.81. The van der Waals surface area contributed by atoms with Gasteiger partial charge in [-0.2, -0.15) is 0 Å². The summed E-state index contributed by atoms with van der Waals surface area (Å²) in [6.07, 6.45) is 13.9. The van der Waals surface area contributed by atoms with Crippen molar-refractivity contribution in [3.05, 3.63) is 213 Å². The molecular formula is C58H49P3S7. The number of hydrogen-bond donors (Lipinski definition) is 0. The van der Waals surface area contributed by atoms with Crippen LogP contribution in [0.5, 0.6) is 0 Å². The lowest BCUT2D eigenvalue weighted by Crippen LogP contribution is -2.05. The fraction of sp³-hybridized carbons (Fsp3) is 0.207. The minimum Gasteiger partial charge on any atom is -0.144 e. The molecule has 13 rings (SSSR count). The predicted molar refractivity (Wildman–Crippen MR) is 315 cm³/mol. The van der Waals surface area contributed by atoms with Crippen molar-refractivity contribution >= 4 is 147 Å². The maximum absolute atomic E-state index is 7.56. The zero-order valence-corrected chi connectivity index (χ0v) is 46.0. The highest BCUT2D eigenvalue weighted by atomic mass is 32.4. The van der Waals surface area contributed by atoms with Crippen LogP contribution >= 0.6 is 63.5 Å². The van der Waals surface area contributed by atoms with Crippen LogP contribution in [0.15, 0.2) is 184 Å². The maximum atomic E-state index is 7.56. The molecule has 0 spiro atoms. The molecule has 0 N–H and O–H groups in total. The molecule has 0 radical (unpaired) electrons. The SMILES string of the molecule is S=P1(c2ccccc2)C(c2cccs2)=C2CCCCC2=C1c1ccc(C2=C3CCCCC3=C(c3ccc(C4=C5CCCCC5=C(c5cccs5)P4(=S)c4ccccc4)s3)P2(=S)c2ccccc2)s1. The first kappa shape index (κ1) is 44.8. The molecule has 0 amide bonds. The van der Waals surface area contributed by atoms with Gasteiger partial charge < -0.3 is 0 Å². The Kier molecular flexibility index (Phi) is 11.8. The van der Waals surface area contributed by atoms with E-state index in [9.17, 15) is 0 Å². The van der Waals surface area contributed by atoms with Crippen LogP contribution in [0.2, 0.25) is 0 Å². The zero-order chi connectivity index (χ0) is 45.6. The Morgan fingerprint density at radius 3 is 0.765 bits per heavy atom. The normalized spacial score (nSPS) is 24.9. The van der Waals surface area contributed by atoms with E-state index < -0.39 is 18.1 Å². The minimum atomic E-state index is -2.54. The summed E-state index contributed by atoms with van der Waals surface area (Å²) >= 11 is 29.9. The first-order chi connectivity index (χ1) is 33.4. The van der Waals surface area contributed by atoms with Gasteiger partial charge in [-0.25, -0.2) is 0 Å². The van der Waals surface area contributed by atoms with E-state index >= 15 is 0 Å². The Bertz CT molecular complexity index is 3300. The third-order valence-electron chi connectivity index (χ3n) is 15.0.